The number of Topliss-reactive ketones (excluding diaryl/α,β-unsaturated/α-hetero) is 1. The second kappa shape index (κ2) is 8.69. The van der Waals surface area contributed by atoms with Gasteiger partial charge in [0.1, 0.15) is 5.92 Å². The molecule has 0 spiro atoms. The van der Waals surface area contributed by atoms with Gasteiger partial charge in [0.2, 0.25) is 5.75 Å². The Morgan fingerprint density at radius 2 is 1.48 bits per heavy atom. The van der Waals surface area contributed by atoms with Crippen LogP contribution in [-0.4, -0.2) is 64.0 Å². The fourth-order valence-corrected chi connectivity index (χ4v) is 3.96. The molecule has 0 aliphatic heterocycles. The highest BCUT2D eigenvalue weighted by molar-refractivity contribution is 6.02. The number of hydrogen-bond donors (Lipinski definition) is 1. The molecule has 0 saturated heterocycles. The normalized spacial score (nSPS) is 26.4. The largest absolute Gasteiger partial charge is 0.493 e. The number of carbonyl (C=O) groups is 3. The molecule has 0 bridgehead atoms. The zero-order valence-electron chi connectivity index (χ0n) is 17.3. The van der Waals surface area contributed by atoms with Gasteiger partial charge in [-0.2, -0.15) is 0 Å². The summed E-state index contributed by atoms with van der Waals surface area (Å²) in [6.45, 7) is 1.37. The predicted octanol–water partition coefficient (Wildman–Crippen LogP) is 1.10. The van der Waals surface area contributed by atoms with Crippen molar-refractivity contribution in [1.29, 1.82) is 0 Å². The van der Waals surface area contributed by atoms with E-state index in [0.29, 0.717) is 11.3 Å². The molecule has 9 heteroatoms. The maximum absolute atomic E-state index is 12.8. The molecule has 160 valence electrons. The summed E-state index contributed by atoms with van der Waals surface area (Å²) < 4.78 is 25.7. The minimum atomic E-state index is -1.74. The molecule has 1 saturated carbocycles. The monoisotopic (exact) mass is 410 g/mol. The quantitative estimate of drug-likeness (QED) is 0.543. The minimum Gasteiger partial charge on any atom is -0.493 e. The van der Waals surface area contributed by atoms with E-state index in [-0.39, 0.29) is 11.5 Å². The van der Waals surface area contributed by atoms with E-state index in [1.807, 2.05) is 0 Å². The lowest BCUT2D eigenvalue weighted by Crippen LogP contribution is -2.55. The number of carbonyl (C=O) groups excluding carboxylic acids is 3. The van der Waals surface area contributed by atoms with Gasteiger partial charge in [-0.05, 0) is 24.6 Å². The molecule has 29 heavy (non-hydrogen) atoms. The standard InChI is InChI=1S/C20H26O9/c1-20(24)9-11(21)15(18(22)28-5)14(16(20)19(23)29-6)10-7-12(25-2)17(27-4)13(8-10)26-3/h7-8,14-16,24H,9H2,1-6H3/t14-,15-,16+,20-/m0/s1. The van der Waals surface area contributed by atoms with Crippen LogP contribution < -0.4 is 14.2 Å². The molecule has 9 nitrogen and oxygen atoms in total. The molecule has 1 fully saturated rings. The Balaban J connectivity index is 2.80. The van der Waals surface area contributed by atoms with E-state index in [9.17, 15) is 19.5 Å². The third kappa shape index (κ3) is 4.00. The highest BCUT2D eigenvalue weighted by atomic mass is 16.5. The van der Waals surface area contributed by atoms with Crippen LogP contribution in [0.2, 0.25) is 0 Å². The summed E-state index contributed by atoms with van der Waals surface area (Å²) in [6.07, 6.45) is -0.395. The number of benzene rings is 1. The molecular formula is C20H26O9. The van der Waals surface area contributed by atoms with Gasteiger partial charge in [-0.25, -0.2) is 0 Å². The predicted molar refractivity (Wildman–Crippen MR) is 100 cm³/mol. The van der Waals surface area contributed by atoms with Crippen LogP contribution in [0.15, 0.2) is 12.1 Å². The van der Waals surface area contributed by atoms with E-state index in [4.69, 9.17) is 23.7 Å². The number of methoxy groups -OCH3 is 5. The topological polar surface area (TPSA) is 118 Å². The minimum absolute atomic E-state index is 0.270. The first-order valence-corrected chi connectivity index (χ1v) is 8.87. The fraction of sp³-hybridized carbons (Fsp3) is 0.550. The van der Waals surface area contributed by atoms with Gasteiger partial charge in [-0.1, -0.05) is 0 Å². The lowest BCUT2D eigenvalue weighted by atomic mass is 9.61. The highest BCUT2D eigenvalue weighted by Crippen LogP contribution is 2.49. The molecule has 0 radical (unpaired) electrons. The molecule has 0 heterocycles. The van der Waals surface area contributed by atoms with Crippen molar-refractivity contribution < 1.29 is 43.2 Å². The number of rotatable bonds is 6. The highest BCUT2D eigenvalue weighted by Gasteiger charge is 2.57. The third-order valence-corrected chi connectivity index (χ3v) is 5.25. The average Bonchev–Trinajstić information content (AvgIpc) is 2.70. The Kier molecular flexibility index (Phi) is 6.73. The fourth-order valence-electron chi connectivity index (χ4n) is 3.96. The van der Waals surface area contributed by atoms with Gasteiger partial charge in [0.15, 0.2) is 17.3 Å². The van der Waals surface area contributed by atoms with E-state index in [0.717, 1.165) is 7.11 Å². The average molecular weight is 410 g/mol. The summed E-state index contributed by atoms with van der Waals surface area (Å²) in [5, 5.41) is 10.9. The van der Waals surface area contributed by atoms with Gasteiger partial charge in [0.25, 0.3) is 0 Å². The molecule has 2 rings (SSSR count). The maximum atomic E-state index is 12.8. The van der Waals surface area contributed by atoms with E-state index in [1.54, 1.807) is 0 Å². The zero-order valence-corrected chi connectivity index (χ0v) is 17.3. The Labute approximate surface area is 168 Å². The number of ketones is 1. The number of hydrogen-bond acceptors (Lipinski definition) is 9. The van der Waals surface area contributed by atoms with Gasteiger partial charge in [0, 0.05) is 12.3 Å². The summed E-state index contributed by atoms with van der Waals surface area (Å²) in [5.41, 5.74) is -1.38. The van der Waals surface area contributed by atoms with Crippen LogP contribution in [0.5, 0.6) is 17.2 Å². The van der Waals surface area contributed by atoms with Crippen LogP contribution >= 0.6 is 0 Å². The molecular weight excluding hydrogens is 384 g/mol. The molecule has 0 unspecified atom stereocenters. The molecule has 1 aliphatic rings. The van der Waals surface area contributed by atoms with Crippen LogP contribution in [0.4, 0.5) is 0 Å². The van der Waals surface area contributed by atoms with Crippen LogP contribution in [0, 0.1) is 11.8 Å². The summed E-state index contributed by atoms with van der Waals surface area (Å²) in [4.78, 5) is 37.9. The Morgan fingerprint density at radius 3 is 1.90 bits per heavy atom. The van der Waals surface area contributed by atoms with E-state index in [2.05, 4.69) is 0 Å². The van der Waals surface area contributed by atoms with Crippen LogP contribution in [0.1, 0.15) is 24.8 Å². The Hall–Kier alpha value is -2.81. The molecule has 1 aromatic carbocycles. The molecule has 1 N–H and O–H groups in total. The lowest BCUT2D eigenvalue weighted by molar-refractivity contribution is -0.170. The van der Waals surface area contributed by atoms with Gasteiger partial charge in [0.05, 0.1) is 47.1 Å². The first kappa shape index (κ1) is 22.5. The first-order chi connectivity index (χ1) is 13.7. The van der Waals surface area contributed by atoms with Crippen molar-refractivity contribution in [2.45, 2.75) is 24.9 Å². The number of aliphatic hydroxyl groups is 1. The lowest BCUT2D eigenvalue weighted by Gasteiger charge is -2.43. The van der Waals surface area contributed by atoms with Crippen molar-refractivity contribution in [3.05, 3.63) is 17.7 Å². The zero-order chi connectivity index (χ0) is 21.9. The van der Waals surface area contributed by atoms with Gasteiger partial charge in [-0.3, -0.25) is 14.4 Å². The van der Waals surface area contributed by atoms with E-state index in [1.165, 1.54) is 47.5 Å². The van der Waals surface area contributed by atoms with Crippen molar-refractivity contribution >= 4 is 17.7 Å². The first-order valence-electron chi connectivity index (χ1n) is 8.87. The van der Waals surface area contributed by atoms with Crippen molar-refractivity contribution in [2.75, 3.05) is 35.5 Å². The second-order valence-electron chi connectivity index (χ2n) is 6.99. The van der Waals surface area contributed by atoms with Gasteiger partial charge < -0.3 is 28.8 Å². The van der Waals surface area contributed by atoms with E-state index < -0.39 is 47.5 Å². The number of esters is 2. The molecule has 0 amide bonds. The number of ether oxygens (including phenoxy) is 5. The smallest absolute Gasteiger partial charge is 0.316 e. The van der Waals surface area contributed by atoms with Crippen LogP contribution in [0.25, 0.3) is 0 Å². The van der Waals surface area contributed by atoms with Gasteiger partial charge in [-0.15, -0.1) is 0 Å². The second-order valence-corrected chi connectivity index (χ2v) is 6.99. The van der Waals surface area contributed by atoms with Crippen molar-refractivity contribution in [3.63, 3.8) is 0 Å². The molecule has 0 aromatic heterocycles. The van der Waals surface area contributed by atoms with Gasteiger partial charge >= 0.3 is 11.9 Å². The van der Waals surface area contributed by atoms with Crippen molar-refractivity contribution in [2.24, 2.45) is 11.8 Å². The van der Waals surface area contributed by atoms with Crippen molar-refractivity contribution in [3.8, 4) is 17.2 Å². The Morgan fingerprint density at radius 1 is 0.966 bits per heavy atom. The molecule has 1 aromatic rings. The third-order valence-electron chi connectivity index (χ3n) is 5.25. The molecule has 1 aliphatic carbocycles. The summed E-state index contributed by atoms with van der Waals surface area (Å²) in [6, 6.07) is 3.07. The van der Waals surface area contributed by atoms with Crippen molar-refractivity contribution in [1.82, 2.24) is 0 Å². The summed E-state index contributed by atoms with van der Waals surface area (Å²) in [7, 11) is 6.59. The maximum Gasteiger partial charge on any atom is 0.316 e. The van der Waals surface area contributed by atoms with Crippen LogP contribution in [0.3, 0.4) is 0 Å². The molecule has 4 atom stereocenters. The summed E-state index contributed by atoms with van der Waals surface area (Å²) in [5.74, 6) is -4.85. The SMILES string of the molecule is COC(=O)[C@H]1C(=O)C[C@](C)(O)[C@@H](C(=O)OC)[C@H]1c1cc(OC)c(OC)c(OC)c1. The summed E-state index contributed by atoms with van der Waals surface area (Å²) >= 11 is 0. The van der Waals surface area contributed by atoms with Crippen LogP contribution in [-0.2, 0) is 23.9 Å². The van der Waals surface area contributed by atoms with E-state index >= 15 is 0 Å². The Bertz CT molecular complexity index is 774.